The predicted molar refractivity (Wildman–Crippen MR) is 93.4 cm³/mol. The zero-order valence-corrected chi connectivity index (χ0v) is 14.3. The zero-order chi connectivity index (χ0) is 18.3. The Balaban J connectivity index is 1.85. The van der Waals surface area contributed by atoms with Gasteiger partial charge in [0.15, 0.2) is 0 Å². The van der Waals surface area contributed by atoms with Gasteiger partial charge in [-0.25, -0.2) is 14.3 Å². The molecule has 4 aromatic rings. The molecule has 0 spiro atoms. The van der Waals surface area contributed by atoms with Gasteiger partial charge in [-0.2, -0.15) is 15.3 Å². The Morgan fingerprint density at radius 1 is 1.15 bits per heavy atom. The molecule has 0 aromatic carbocycles. The second-order valence-corrected chi connectivity index (χ2v) is 6.01. The van der Waals surface area contributed by atoms with Crippen LogP contribution in [0, 0.1) is 0 Å². The van der Waals surface area contributed by atoms with E-state index in [0.29, 0.717) is 12.1 Å². The molecule has 4 heterocycles. The summed E-state index contributed by atoms with van der Waals surface area (Å²) >= 11 is 0. The maximum Gasteiger partial charge on any atom is 0.328 e. The van der Waals surface area contributed by atoms with E-state index < -0.39 is 12.0 Å². The molecule has 132 valence electrons. The summed E-state index contributed by atoms with van der Waals surface area (Å²) < 4.78 is 4.92. The number of carbonyl (C=O) groups is 1. The van der Waals surface area contributed by atoms with E-state index in [2.05, 4.69) is 15.3 Å². The third-order valence-corrected chi connectivity index (χ3v) is 4.26. The average molecular weight is 351 g/mol. The van der Waals surface area contributed by atoms with Crippen molar-refractivity contribution in [2.24, 2.45) is 7.05 Å². The second-order valence-electron chi connectivity index (χ2n) is 6.01. The van der Waals surface area contributed by atoms with Gasteiger partial charge in [0.2, 0.25) is 0 Å². The van der Waals surface area contributed by atoms with Gasteiger partial charge in [0.05, 0.1) is 41.7 Å². The highest BCUT2D eigenvalue weighted by Gasteiger charge is 2.20. The first-order valence-corrected chi connectivity index (χ1v) is 8.17. The molecule has 9 nitrogen and oxygen atoms in total. The number of hydrogen-bond donors (Lipinski definition) is 1. The summed E-state index contributed by atoms with van der Waals surface area (Å²) in [5.74, 6) is -0.909. The van der Waals surface area contributed by atoms with Gasteiger partial charge < -0.3 is 5.11 Å². The number of fused-ring (bicyclic) bond motifs is 1. The highest BCUT2D eigenvalue weighted by Crippen LogP contribution is 2.27. The fourth-order valence-electron chi connectivity index (χ4n) is 2.94. The van der Waals surface area contributed by atoms with E-state index in [-0.39, 0.29) is 0 Å². The molecule has 0 saturated heterocycles. The first kappa shape index (κ1) is 16.0. The van der Waals surface area contributed by atoms with Gasteiger partial charge in [-0.3, -0.25) is 9.36 Å². The number of hydrogen-bond acceptors (Lipinski definition) is 5. The molecule has 0 radical (unpaired) electrons. The predicted octanol–water partition coefficient (Wildman–Crippen LogP) is 2.03. The second kappa shape index (κ2) is 6.10. The van der Waals surface area contributed by atoms with E-state index in [1.54, 1.807) is 34.0 Å². The number of rotatable bonds is 5. The van der Waals surface area contributed by atoms with Crippen LogP contribution in [-0.4, -0.2) is 45.2 Å². The van der Waals surface area contributed by atoms with Gasteiger partial charge in [-0.05, 0) is 12.5 Å². The lowest BCUT2D eigenvalue weighted by Crippen LogP contribution is -2.18. The monoisotopic (exact) mass is 351 g/mol. The normalized spacial score (nSPS) is 12.5. The molecule has 0 amide bonds. The van der Waals surface area contributed by atoms with Crippen LogP contribution in [0.3, 0.4) is 0 Å². The Labute approximate surface area is 148 Å². The molecular formula is C17H17N7O2. The van der Waals surface area contributed by atoms with Crippen molar-refractivity contribution in [1.82, 2.24) is 34.2 Å². The van der Waals surface area contributed by atoms with Gasteiger partial charge >= 0.3 is 5.97 Å². The summed E-state index contributed by atoms with van der Waals surface area (Å²) in [5, 5.41) is 22.1. The van der Waals surface area contributed by atoms with Crippen molar-refractivity contribution >= 4 is 11.5 Å². The van der Waals surface area contributed by atoms with Crippen LogP contribution >= 0.6 is 0 Å². The fraction of sp³-hybridized carbons (Fsp3) is 0.235. The molecule has 1 atom stereocenters. The largest absolute Gasteiger partial charge is 0.480 e. The molecule has 4 rings (SSSR count). The molecule has 26 heavy (non-hydrogen) atoms. The Bertz CT molecular complexity index is 1090. The van der Waals surface area contributed by atoms with E-state index in [1.807, 2.05) is 32.4 Å². The third-order valence-electron chi connectivity index (χ3n) is 4.26. The molecule has 1 N–H and O–H groups in total. The molecule has 4 aromatic heterocycles. The van der Waals surface area contributed by atoms with Crippen molar-refractivity contribution in [3.8, 4) is 22.5 Å². The van der Waals surface area contributed by atoms with E-state index in [0.717, 1.165) is 22.3 Å². The van der Waals surface area contributed by atoms with Crippen molar-refractivity contribution in [2.45, 2.75) is 19.4 Å². The summed E-state index contributed by atoms with van der Waals surface area (Å²) in [6.45, 7) is 1.82. The average Bonchev–Trinajstić information content (AvgIpc) is 3.34. The summed E-state index contributed by atoms with van der Waals surface area (Å²) in [7, 11) is 1.84. The number of carboxylic acid groups (broad SMARTS) is 1. The number of aryl methyl sites for hydroxylation is 1. The molecule has 0 saturated carbocycles. The summed E-state index contributed by atoms with van der Waals surface area (Å²) in [6.07, 6.45) is 10.9. The molecule has 0 unspecified atom stereocenters. The molecule has 0 bridgehead atoms. The maximum absolute atomic E-state index is 11.4. The molecule has 0 aliphatic carbocycles. The van der Waals surface area contributed by atoms with E-state index in [4.69, 9.17) is 4.98 Å². The first-order chi connectivity index (χ1) is 12.6. The molecular weight excluding hydrogens is 334 g/mol. The SMILES string of the molecule is CC[C@@H](C(=O)O)n1cc(-c2nc(-c3cnn(C)c3)cn3nccc23)cn1. The summed E-state index contributed by atoms with van der Waals surface area (Å²) in [5.41, 5.74) is 3.84. The van der Waals surface area contributed by atoms with Crippen molar-refractivity contribution in [3.05, 3.63) is 43.2 Å². The summed E-state index contributed by atoms with van der Waals surface area (Å²) in [4.78, 5) is 16.1. The van der Waals surface area contributed by atoms with Crippen molar-refractivity contribution in [1.29, 1.82) is 0 Å². The van der Waals surface area contributed by atoms with Crippen molar-refractivity contribution < 1.29 is 9.90 Å². The highest BCUT2D eigenvalue weighted by molar-refractivity contribution is 5.78. The first-order valence-electron chi connectivity index (χ1n) is 8.17. The van der Waals surface area contributed by atoms with Crippen LogP contribution in [0.25, 0.3) is 28.0 Å². The number of aliphatic carboxylic acids is 1. The van der Waals surface area contributed by atoms with E-state index in [9.17, 15) is 9.90 Å². The quantitative estimate of drug-likeness (QED) is 0.590. The Hall–Kier alpha value is -3.49. The zero-order valence-electron chi connectivity index (χ0n) is 14.3. The lowest BCUT2D eigenvalue weighted by molar-refractivity contribution is -0.141. The number of nitrogens with zero attached hydrogens (tertiary/aromatic N) is 7. The van der Waals surface area contributed by atoms with Crippen molar-refractivity contribution in [3.63, 3.8) is 0 Å². The highest BCUT2D eigenvalue weighted by atomic mass is 16.4. The minimum absolute atomic E-state index is 0.446. The molecule has 0 aliphatic rings. The molecule has 0 fully saturated rings. The van der Waals surface area contributed by atoms with Gasteiger partial charge in [0, 0.05) is 30.6 Å². The van der Waals surface area contributed by atoms with E-state index in [1.165, 1.54) is 4.68 Å². The Morgan fingerprint density at radius 2 is 1.96 bits per heavy atom. The standard InChI is InChI=1S/C17H17N7O2/c1-3-14(17(25)26)23-9-12(7-20-23)16-15-4-5-18-24(15)10-13(21-16)11-6-19-22(2)8-11/h4-10,14H,3H2,1-2H3,(H,25,26)/t14-/m0/s1. The van der Waals surface area contributed by atoms with Crippen LogP contribution in [-0.2, 0) is 11.8 Å². The fourth-order valence-corrected chi connectivity index (χ4v) is 2.94. The van der Waals surface area contributed by atoms with Gasteiger partial charge in [-0.15, -0.1) is 0 Å². The van der Waals surface area contributed by atoms with Crippen molar-refractivity contribution in [2.75, 3.05) is 0 Å². The third kappa shape index (κ3) is 2.63. The summed E-state index contributed by atoms with van der Waals surface area (Å²) in [6, 6.07) is 1.16. The van der Waals surface area contributed by atoms with Crippen LogP contribution in [0.4, 0.5) is 0 Å². The number of carboxylic acids is 1. The van der Waals surface area contributed by atoms with Crippen LogP contribution < -0.4 is 0 Å². The van der Waals surface area contributed by atoms with Gasteiger partial charge in [-0.1, -0.05) is 6.92 Å². The van der Waals surface area contributed by atoms with Crippen LogP contribution in [0.15, 0.2) is 43.2 Å². The lowest BCUT2D eigenvalue weighted by atomic mass is 10.2. The Morgan fingerprint density at radius 3 is 2.65 bits per heavy atom. The van der Waals surface area contributed by atoms with Crippen LogP contribution in [0.5, 0.6) is 0 Å². The van der Waals surface area contributed by atoms with Gasteiger partial charge in [0.25, 0.3) is 0 Å². The maximum atomic E-state index is 11.4. The smallest absolute Gasteiger partial charge is 0.328 e. The molecule has 0 aliphatic heterocycles. The Kier molecular flexibility index (Phi) is 3.76. The number of aromatic nitrogens is 7. The minimum Gasteiger partial charge on any atom is -0.480 e. The van der Waals surface area contributed by atoms with E-state index >= 15 is 0 Å². The lowest BCUT2D eigenvalue weighted by Gasteiger charge is -2.09. The molecule has 9 heteroatoms. The van der Waals surface area contributed by atoms with Crippen LogP contribution in [0.1, 0.15) is 19.4 Å². The minimum atomic E-state index is -0.909. The van der Waals surface area contributed by atoms with Gasteiger partial charge in [0.1, 0.15) is 6.04 Å². The topological polar surface area (TPSA) is 103 Å². The van der Waals surface area contributed by atoms with Crippen LogP contribution in [0.2, 0.25) is 0 Å².